The Morgan fingerprint density at radius 3 is 2.22 bits per heavy atom. The molecule has 1 unspecified atom stereocenters. The van der Waals surface area contributed by atoms with Gasteiger partial charge in [-0.05, 0) is 29.3 Å². The number of nitrogens with one attached hydrogen (secondary N) is 1. The van der Waals surface area contributed by atoms with Crippen LogP contribution in [-0.2, 0) is 37.6 Å². The zero-order chi connectivity index (χ0) is 26.4. The summed E-state index contributed by atoms with van der Waals surface area (Å²) in [6.07, 6.45) is 1.20. The maximum absolute atomic E-state index is 13.3. The molecule has 0 bridgehead atoms. The van der Waals surface area contributed by atoms with Crippen LogP contribution >= 0.6 is 0 Å². The largest absolute Gasteiger partial charge is 0.460 e. The van der Waals surface area contributed by atoms with E-state index in [4.69, 9.17) is 9.47 Å². The molecule has 0 fully saturated rings. The van der Waals surface area contributed by atoms with Crippen LogP contribution in [-0.4, -0.2) is 44.7 Å². The van der Waals surface area contributed by atoms with Gasteiger partial charge >= 0.3 is 17.8 Å². The minimum atomic E-state index is -1.27. The summed E-state index contributed by atoms with van der Waals surface area (Å²) in [5, 5.41) is 24.0. The van der Waals surface area contributed by atoms with Gasteiger partial charge in [-0.15, -0.1) is 10.1 Å². The van der Waals surface area contributed by atoms with Crippen LogP contribution < -0.4 is 5.32 Å². The monoisotopic (exact) mass is 501 g/mol. The highest BCUT2D eigenvalue weighted by molar-refractivity contribution is 6.00. The van der Waals surface area contributed by atoms with Gasteiger partial charge < -0.3 is 34.3 Å². The average molecular weight is 501 g/mol. The number of aryl methyl sites for hydroxylation is 1. The number of carbonyl (C=O) groups is 2. The first-order chi connectivity index (χ1) is 17.1. The number of carbonyl (C=O) groups excluding carboxylic acids is 2. The fourth-order valence-electron chi connectivity index (χ4n) is 3.83. The van der Waals surface area contributed by atoms with Crippen LogP contribution in [0.15, 0.2) is 59.2 Å². The molecular formula is C22H23N5O9. The Hall–Kier alpha value is -4.75. The lowest BCUT2D eigenvalue weighted by Crippen LogP contribution is -2.34. The van der Waals surface area contributed by atoms with E-state index in [-0.39, 0.29) is 29.1 Å². The Morgan fingerprint density at radius 2 is 1.64 bits per heavy atom. The molecule has 14 nitrogen and oxygen atoms in total. The van der Waals surface area contributed by atoms with Crippen molar-refractivity contribution in [2.24, 2.45) is 7.05 Å². The van der Waals surface area contributed by atoms with Crippen LogP contribution in [0, 0.1) is 20.2 Å². The minimum Gasteiger partial charge on any atom is -0.460 e. The third-order valence-corrected chi connectivity index (χ3v) is 5.33. The van der Waals surface area contributed by atoms with Crippen LogP contribution in [0.5, 0.6) is 0 Å². The summed E-state index contributed by atoms with van der Waals surface area (Å²) in [7, 11) is 1.49. The molecule has 0 radical (unpaired) electrons. The van der Waals surface area contributed by atoms with Crippen molar-refractivity contribution in [2.75, 3.05) is 13.2 Å². The number of allylic oxidation sites excluding steroid dienone is 2. The Morgan fingerprint density at radius 1 is 1.03 bits per heavy atom. The topological polar surface area (TPSA) is 178 Å². The first-order valence-corrected chi connectivity index (χ1v) is 10.6. The fourth-order valence-corrected chi connectivity index (χ4v) is 3.83. The van der Waals surface area contributed by atoms with E-state index in [1.165, 1.54) is 24.9 Å². The van der Waals surface area contributed by atoms with E-state index < -0.39 is 46.9 Å². The molecule has 2 aromatic rings. The van der Waals surface area contributed by atoms with Crippen molar-refractivity contribution in [3.8, 4) is 0 Å². The van der Waals surface area contributed by atoms with Crippen molar-refractivity contribution in [2.45, 2.75) is 26.4 Å². The number of imidazole rings is 1. The summed E-state index contributed by atoms with van der Waals surface area (Å²) in [5.41, 5.74) is 1.11. The van der Waals surface area contributed by atoms with E-state index in [9.17, 15) is 29.8 Å². The van der Waals surface area contributed by atoms with Gasteiger partial charge in [-0.25, -0.2) is 9.59 Å². The standard InChI is InChI=1S/C22H23N5O9/c1-13-16(21(28)34-9-10-36-27(32)33)18(19-20(26(30)31)23-12-25(19)3)17(14(2)24-13)22(29)35-11-15-7-5-4-6-8-15/h4-8,12,18,24H,9-11H2,1-3H3. The lowest BCUT2D eigenvalue weighted by atomic mass is 9.82. The van der Waals surface area contributed by atoms with Crippen molar-refractivity contribution in [3.05, 3.63) is 90.7 Å². The molecule has 36 heavy (non-hydrogen) atoms. The summed E-state index contributed by atoms with van der Waals surface area (Å²) >= 11 is 0. The predicted octanol–water partition coefficient (Wildman–Crippen LogP) is 2.06. The zero-order valence-electron chi connectivity index (χ0n) is 19.6. The van der Waals surface area contributed by atoms with Gasteiger partial charge in [0.1, 0.15) is 25.5 Å². The molecule has 1 aliphatic heterocycles. The Bertz CT molecular complexity index is 1250. The molecule has 190 valence electrons. The molecule has 0 saturated carbocycles. The summed E-state index contributed by atoms with van der Waals surface area (Å²) in [4.78, 5) is 55.7. The molecule has 0 amide bonds. The number of nitro groups is 1. The highest BCUT2D eigenvalue weighted by atomic mass is 17.0. The molecule has 1 atom stereocenters. The first kappa shape index (κ1) is 25.9. The number of aromatic nitrogens is 2. The maximum Gasteiger partial charge on any atom is 0.385 e. The first-order valence-electron chi connectivity index (χ1n) is 10.6. The summed E-state index contributed by atoms with van der Waals surface area (Å²) in [6, 6.07) is 8.89. The molecule has 14 heteroatoms. The van der Waals surface area contributed by atoms with Crippen molar-refractivity contribution in [1.29, 1.82) is 0 Å². The van der Waals surface area contributed by atoms with Crippen LogP contribution in [0.1, 0.15) is 31.0 Å². The Labute approximate surface area is 204 Å². The second-order valence-corrected chi connectivity index (χ2v) is 7.71. The minimum absolute atomic E-state index is 0.0413. The summed E-state index contributed by atoms with van der Waals surface area (Å²) in [6.45, 7) is 2.06. The van der Waals surface area contributed by atoms with E-state index in [1.54, 1.807) is 31.2 Å². The smallest absolute Gasteiger partial charge is 0.385 e. The summed E-state index contributed by atoms with van der Waals surface area (Å²) in [5.74, 6) is -3.58. The molecule has 1 aromatic carbocycles. The number of nitrogens with zero attached hydrogens (tertiary/aromatic N) is 4. The van der Waals surface area contributed by atoms with Gasteiger partial charge in [0.15, 0.2) is 0 Å². The van der Waals surface area contributed by atoms with Crippen LogP contribution in [0.2, 0.25) is 0 Å². The van der Waals surface area contributed by atoms with Crippen LogP contribution in [0.4, 0.5) is 5.82 Å². The van der Waals surface area contributed by atoms with Crippen LogP contribution in [0.3, 0.4) is 0 Å². The van der Waals surface area contributed by atoms with E-state index >= 15 is 0 Å². The highest BCUT2D eigenvalue weighted by Gasteiger charge is 2.43. The number of rotatable bonds is 10. The van der Waals surface area contributed by atoms with Crippen molar-refractivity contribution in [1.82, 2.24) is 14.9 Å². The molecule has 0 aliphatic carbocycles. The number of hydrogen-bond acceptors (Lipinski definition) is 11. The van der Waals surface area contributed by atoms with Gasteiger partial charge in [0.25, 0.3) is 5.09 Å². The molecule has 0 saturated heterocycles. The van der Waals surface area contributed by atoms with E-state index in [2.05, 4.69) is 15.1 Å². The van der Waals surface area contributed by atoms with Gasteiger partial charge in [-0.2, -0.15) is 0 Å². The molecular weight excluding hydrogens is 478 g/mol. The maximum atomic E-state index is 13.3. The van der Waals surface area contributed by atoms with Crippen LogP contribution in [0.25, 0.3) is 0 Å². The second-order valence-electron chi connectivity index (χ2n) is 7.71. The van der Waals surface area contributed by atoms with Crippen molar-refractivity contribution in [3.63, 3.8) is 0 Å². The van der Waals surface area contributed by atoms with E-state index in [0.29, 0.717) is 11.3 Å². The fraction of sp³-hybridized carbons (Fsp3) is 0.318. The number of hydrogen-bond donors (Lipinski definition) is 1. The van der Waals surface area contributed by atoms with Gasteiger partial charge in [-0.3, -0.25) is 0 Å². The predicted molar refractivity (Wildman–Crippen MR) is 121 cm³/mol. The molecule has 2 heterocycles. The molecule has 0 spiro atoms. The molecule has 1 aromatic heterocycles. The van der Waals surface area contributed by atoms with Gasteiger partial charge in [0.05, 0.1) is 17.1 Å². The Kier molecular flexibility index (Phi) is 7.99. The molecule has 1 N–H and O–H groups in total. The highest BCUT2D eigenvalue weighted by Crippen LogP contribution is 2.42. The molecule has 1 aliphatic rings. The van der Waals surface area contributed by atoms with Crippen molar-refractivity contribution >= 4 is 17.8 Å². The number of benzene rings is 1. The third kappa shape index (κ3) is 5.65. The van der Waals surface area contributed by atoms with Gasteiger partial charge in [0, 0.05) is 18.4 Å². The lowest BCUT2D eigenvalue weighted by molar-refractivity contribution is -0.757. The number of esters is 2. The third-order valence-electron chi connectivity index (χ3n) is 5.33. The average Bonchev–Trinajstić information content (AvgIpc) is 3.21. The van der Waals surface area contributed by atoms with Crippen molar-refractivity contribution < 1.29 is 33.9 Å². The van der Waals surface area contributed by atoms with Gasteiger partial charge in [-0.1, -0.05) is 30.3 Å². The quantitative estimate of drug-likeness (QED) is 0.218. The summed E-state index contributed by atoms with van der Waals surface area (Å²) < 4.78 is 11.9. The SMILES string of the molecule is CC1=C(C(=O)OCCO[N+](=O)[O-])C(c2c([N+](=O)[O-])ncn2C)C(C(=O)OCc2ccccc2)=C(C)N1. The normalized spacial score (nSPS) is 15.2. The second kappa shape index (κ2) is 11.1. The Balaban J connectivity index is 2.01. The molecule has 3 rings (SSSR count). The van der Waals surface area contributed by atoms with Gasteiger partial charge in [0.2, 0.25) is 6.33 Å². The van der Waals surface area contributed by atoms with E-state index in [1.807, 2.05) is 6.07 Å². The number of dihydropyridines is 1. The zero-order valence-corrected chi connectivity index (χ0v) is 19.6. The number of ether oxygens (including phenoxy) is 2. The van der Waals surface area contributed by atoms with E-state index in [0.717, 1.165) is 0 Å². The lowest BCUT2D eigenvalue weighted by Gasteiger charge is -2.29.